The zero-order valence-electron chi connectivity index (χ0n) is 14.8. The van der Waals surface area contributed by atoms with Crippen LogP contribution in [0.5, 0.6) is 5.75 Å². The van der Waals surface area contributed by atoms with Gasteiger partial charge in [0.1, 0.15) is 24.4 Å². The molecule has 1 aliphatic heterocycles. The number of nitrogens with zero attached hydrogens (tertiary/aromatic N) is 5. The SMILES string of the molecule is COc1ccc(CCN2CCN(C(=O)[C@H](C)n3cncn3)CC2)cc1. The van der Waals surface area contributed by atoms with E-state index in [1.54, 1.807) is 18.1 Å². The Labute approximate surface area is 148 Å². The van der Waals surface area contributed by atoms with E-state index in [9.17, 15) is 4.79 Å². The van der Waals surface area contributed by atoms with Crippen molar-refractivity contribution in [1.82, 2.24) is 24.6 Å². The highest BCUT2D eigenvalue weighted by atomic mass is 16.5. The Morgan fingerprint density at radius 2 is 1.92 bits per heavy atom. The van der Waals surface area contributed by atoms with E-state index in [0.29, 0.717) is 0 Å². The fourth-order valence-electron chi connectivity index (χ4n) is 3.07. The molecular weight excluding hydrogens is 318 g/mol. The molecule has 0 aliphatic carbocycles. The van der Waals surface area contributed by atoms with Crippen LogP contribution in [0.3, 0.4) is 0 Å². The number of carbonyl (C=O) groups excluding carboxylic acids is 1. The van der Waals surface area contributed by atoms with Crippen LogP contribution in [0, 0.1) is 0 Å². The summed E-state index contributed by atoms with van der Waals surface area (Å²) in [6, 6.07) is 7.92. The molecule has 0 bridgehead atoms. The minimum atomic E-state index is -0.298. The Kier molecular flexibility index (Phi) is 5.65. The van der Waals surface area contributed by atoms with Gasteiger partial charge < -0.3 is 9.64 Å². The first-order chi connectivity index (χ1) is 12.2. The fourth-order valence-corrected chi connectivity index (χ4v) is 3.07. The van der Waals surface area contributed by atoms with Gasteiger partial charge in [0.05, 0.1) is 7.11 Å². The van der Waals surface area contributed by atoms with Crippen LogP contribution in [-0.4, -0.2) is 70.3 Å². The van der Waals surface area contributed by atoms with Crippen molar-refractivity contribution in [2.24, 2.45) is 0 Å². The van der Waals surface area contributed by atoms with E-state index < -0.39 is 0 Å². The molecule has 3 rings (SSSR count). The summed E-state index contributed by atoms with van der Waals surface area (Å²) in [5.74, 6) is 0.998. The number of amides is 1. The second-order valence-electron chi connectivity index (χ2n) is 6.32. The average molecular weight is 343 g/mol. The number of piperazine rings is 1. The molecule has 2 heterocycles. The van der Waals surface area contributed by atoms with E-state index in [1.165, 1.54) is 11.9 Å². The van der Waals surface area contributed by atoms with E-state index in [2.05, 4.69) is 27.1 Å². The summed E-state index contributed by atoms with van der Waals surface area (Å²) in [5.41, 5.74) is 1.30. The van der Waals surface area contributed by atoms with Gasteiger partial charge in [0.2, 0.25) is 5.91 Å². The third-order valence-corrected chi connectivity index (χ3v) is 4.75. The van der Waals surface area contributed by atoms with Crippen molar-refractivity contribution in [1.29, 1.82) is 0 Å². The van der Waals surface area contributed by atoms with Crippen LogP contribution in [0.25, 0.3) is 0 Å². The van der Waals surface area contributed by atoms with Crippen molar-refractivity contribution in [2.75, 3.05) is 39.8 Å². The second kappa shape index (κ2) is 8.11. The van der Waals surface area contributed by atoms with Gasteiger partial charge in [-0.05, 0) is 31.0 Å². The van der Waals surface area contributed by atoms with Gasteiger partial charge in [-0.1, -0.05) is 12.1 Å². The highest BCUT2D eigenvalue weighted by Gasteiger charge is 2.26. The van der Waals surface area contributed by atoms with Gasteiger partial charge in [0, 0.05) is 32.7 Å². The lowest BCUT2D eigenvalue weighted by Gasteiger charge is -2.35. The number of carbonyl (C=O) groups is 1. The molecule has 1 aromatic heterocycles. The van der Waals surface area contributed by atoms with Crippen LogP contribution in [0.2, 0.25) is 0 Å². The normalized spacial score (nSPS) is 16.6. The molecule has 7 nitrogen and oxygen atoms in total. The van der Waals surface area contributed by atoms with E-state index in [4.69, 9.17) is 4.74 Å². The van der Waals surface area contributed by atoms with Crippen molar-refractivity contribution >= 4 is 5.91 Å². The lowest BCUT2D eigenvalue weighted by atomic mass is 10.1. The largest absolute Gasteiger partial charge is 0.497 e. The topological polar surface area (TPSA) is 63.5 Å². The van der Waals surface area contributed by atoms with E-state index in [-0.39, 0.29) is 11.9 Å². The summed E-state index contributed by atoms with van der Waals surface area (Å²) in [6.45, 7) is 6.22. The first-order valence-electron chi connectivity index (χ1n) is 8.65. The Morgan fingerprint density at radius 3 is 2.52 bits per heavy atom. The molecule has 1 amide bonds. The summed E-state index contributed by atoms with van der Waals surface area (Å²) in [7, 11) is 1.68. The van der Waals surface area contributed by atoms with Crippen LogP contribution in [0.4, 0.5) is 0 Å². The van der Waals surface area contributed by atoms with Gasteiger partial charge >= 0.3 is 0 Å². The molecule has 0 N–H and O–H groups in total. The van der Waals surface area contributed by atoms with Crippen molar-refractivity contribution in [2.45, 2.75) is 19.4 Å². The number of hydrogen-bond donors (Lipinski definition) is 0. The molecule has 0 radical (unpaired) electrons. The fraction of sp³-hybridized carbons (Fsp3) is 0.500. The van der Waals surface area contributed by atoms with Crippen molar-refractivity contribution in [3.05, 3.63) is 42.5 Å². The van der Waals surface area contributed by atoms with Crippen LogP contribution in [0.15, 0.2) is 36.9 Å². The molecule has 1 aromatic carbocycles. The first-order valence-corrected chi connectivity index (χ1v) is 8.65. The summed E-state index contributed by atoms with van der Waals surface area (Å²) in [4.78, 5) is 20.8. The molecule has 1 fully saturated rings. The number of ether oxygens (including phenoxy) is 1. The Hall–Kier alpha value is -2.41. The Morgan fingerprint density at radius 1 is 1.20 bits per heavy atom. The lowest BCUT2D eigenvalue weighted by Crippen LogP contribution is -2.50. The smallest absolute Gasteiger partial charge is 0.247 e. The standard InChI is InChI=1S/C18H25N5O2/c1-15(23-14-19-13-20-23)18(24)22-11-9-21(10-12-22)8-7-16-3-5-17(25-2)6-4-16/h3-6,13-15H,7-12H2,1-2H3/t15-/m0/s1. The van der Waals surface area contributed by atoms with Crippen molar-refractivity contribution in [3.8, 4) is 5.75 Å². The van der Waals surface area contributed by atoms with Gasteiger partial charge in [0.25, 0.3) is 0 Å². The number of aromatic nitrogens is 3. The van der Waals surface area contributed by atoms with Gasteiger partial charge in [-0.3, -0.25) is 9.69 Å². The predicted molar refractivity (Wildman–Crippen MR) is 94.5 cm³/mol. The molecular formula is C18H25N5O2. The van der Waals surface area contributed by atoms with Crippen LogP contribution >= 0.6 is 0 Å². The maximum Gasteiger partial charge on any atom is 0.247 e. The quantitative estimate of drug-likeness (QED) is 0.789. The third-order valence-electron chi connectivity index (χ3n) is 4.75. The van der Waals surface area contributed by atoms with E-state index in [0.717, 1.165) is 44.9 Å². The lowest BCUT2D eigenvalue weighted by molar-refractivity contribution is -0.136. The zero-order chi connectivity index (χ0) is 17.6. The molecule has 0 saturated carbocycles. The molecule has 0 spiro atoms. The molecule has 7 heteroatoms. The van der Waals surface area contributed by atoms with E-state index >= 15 is 0 Å². The molecule has 2 aromatic rings. The maximum atomic E-state index is 12.5. The minimum absolute atomic E-state index is 0.111. The van der Waals surface area contributed by atoms with Crippen LogP contribution in [0.1, 0.15) is 18.5 Å². The average Bonchev–Trinajstić information content (AvgIpc) is 3.21. The van der Waals surface area contributed by atoms with Crippen LogP contribution in [-0.2, 0) is 11.2 Å². The summed E-state index contributed by atoms with van der Waals surface area (Å²) >= 11 is 0. The van der Waals surface area contributed by atoms with Gasteiger partial charge in [-0.2, -0.15) is 5.10 Å². The number of rotatable bonds is 6. The predicted octanol–water partition coefficient (Wildman–Crippen LogP) is 1.23. The highest BCUT2D eigenvalue weighted by molar-refractivity contribution is 5.80. The van der Waals surface area contributed by atoms with Gasteiger partial charge in [0.15, 0.2) is 0 Å². The van der Waals surface area contributed by atoms with E-state index in [1.807, 2.05) is 24.0 Å². The second-order valence-corrected chi connectivity index (χ2v) is 6.32. The molecule has 25 heavy (non-hydrogen) atoms. The Balaban J connectivity index is 1.44. The molecule has 134 valence electrons. The number of benzene rings is 1. The molecule has 1 saturated heterocycles. The van der Waals surface area contributed by atoms with Crippen molar-refractivity contribution < 1.29 is 9.53 Å². The molecule has 0 unspecified atom stereocenters. The van der Waals surface area contributed by atoms with Gasteiger partial charge in [-0.15, -0.1) is 0 Å². The number of methoxy groups -OCH3 is 1. The summed E-state index contributed by atoms with van der Waals surface area (Å²) < 4.78 is 6.80. The zero-order valence-corrected chi connectivity index (χ0v) is 14.8. The third kappa shape index (κ3) is 4.36. The summed E-state index contributed by atoms with van der Waals surface area (Å²) in [5, 5.41) is 4.06. The number of hydrogen-bond acceptors (Lipinski definition) is 5. The van der Waals surface area contributed by atoms with Crippen molar-refractivity contribution in [3.63, 3.8) is 0 Å². The Bertz CT molecular complexity index is 663. The first kappa shape index (κ1) is 17.4. The minimum Gasteiger partial charge on any atom is -0.497 e. The van der Waals surface area contributed by atoms with Crippen LogP contribution < -0.4 is 4.74 Å². The molecule has 1 aliphatic rings. The van der Waals surface area contributed by atoms with Gasteiger partial charge in [-0.25, -0.2) is 9.67 Å². The monoisotopic (exact) mass is 343 g/mol. The highest BCUT2D eigenvalue weighted by Crippen LogP contribution is 2.14. The maximum absolute atomic E-state index is 12.5. The molecule has 1 atom stereocenters. The summed E-state index contributed by atoms with van der Waals surface area (Å²) in [6.07, 6.45) is 4.06.